The summed E-state index contributed by atoms with van der Waals surface area (Å²) in [4.78, 5) is 21.2. The molecule has 2 N–H and O–H groups in total. The number of amides is 1. The van der Waals surface area contributed by atoms with E-state index < -0.39 is 0 Å². The van der Waals surface area contributed by atoms with Crippen molar-refractivity contribution in [3.63, 3.8) is 0 Å². The lowest BCUT2D eigenvalue weighted by molar-refractivity contribution is 0.0977. The zero-order valence-electron chi connectivity index (χ0n) is 15.9. The lowest BCUT2D eigenvalue weighted by atomic mass is 10.1. The van der Waals surface area contributed by atoms with Crippen molar-refractivity contribution in [1.29, 1.82) is 0 Å². The van der Waals surface area contributed by atoms with Crippen LogP contribution in [0.4, 0.5) is 0 Å². The minimum absolute atomic E-state index is 0.188. The van der Waals surface area contributed by atoms with E-state index in [2.05, 4.69) is 15.3 Å². The van der Waals surface area contributed by atoms with Crippen molar-refractivity contribution in [3.8, 4) is 11.5 Å². The highest BCUT2D eigenvalue weighted by Crippen LogP contribution is 2.29. The van der Waals surface area contributed by atoms with Gasteiger partial charge >= 0.3 is 0 Å². The number of rotatable bonds is 6. The molecule has 0 aliphatic heterocycles. The van der Waals surface area contributed by atoms with Crippen molar-refractivity contribution in [2.75, 3.05) is 14.2 Å². The molecule has 6 nitrogen and oxygen atoms in total. The van der Waals surface area contributed by atoms with Crippen LogP contribution in [0.3, 0.4) is 0 Å². The number of H-pyrrole nitrogens is 1. The fraction of sp³-hybridized carbons (Fsp3) is 0.0909. The van der Waals surface area contributed by atoms with Crippen LogP contribution >= 0.6 is 11.3 Å². The lowest BCUT2D eigenvalue weighted by Gasteiger charge is -2.10. The number of ether oxygens (including phenoxy) is 2. The van der Waals surface area contributed by atoms with E-state index in [1.165, 1.54) is 11.3 Å². The van der Waals surface area contributed by atoms with Gasteiger partial charge in [-0.15, -0.1) is 11.3 Å². The number of hydrogen-bond donors (Lipinski definition) is 2. The van der Waals surface area contributed by atoms with Crippen LogP contribution in [0.2, 0.25) is 0 Å². The van der Waals surface area contributed by atoms with Gasteiger partial charge in [-0.1, -0.05) is 24.3 Å². The Morgan fingerprint density at radius 2 is 1.90 bits per heavy atom. The van der Waals surface area contributed by atoms with Gasteiger partial charge in [0, 0.05) is 0 Å². The minimum Gasteiger partial charge on any atom is -0.493 e. The molecule has 29 heavy (non-hydrogen) atoms. The first kappa shape index (κ1) is 18.8. The third kappa shape index (κ3) is 4.00. The summed E-state index contributed by atoms with van der Waals surface area (Å²) in [6.45, 7) is 0. The van der Waals surface area contributed by atoms with Crippen LogP contribution < -0.4 is 14.8 Å². The average molecular weight is 405 g/mol. The van der Waals surface area contributed by atoms with Crippen LogP contribution in [0.25, 0.3) is 22.8 Å². The molecule has 0 fully saturated rings. The van der Waals surface area contributed by atoms with Crippen LogP contribution in [0.15, 0.2) is 60.0 Å². The number of methoxy groups -OCH3 is 2. The molecule has 4 rings (SSSR count). The summed E-state index contributed by atoms with van der Waals surface area (Å²) in [5.74, 6) is 1.63. The Hall–Kier alpha value is -3.58. The van der Waals surface area contributed by atoms with Crippen LogP contribution in [-0.2, 0) is 0 Å². The minimum atomic E-state index is -0.188. The molecule has 0 unspecified atom stereocenters. The van der Waals surface area contributed by atoms with Gasteiger partial charge in [-0.3, -0.25) is 4.79 Å². The SMILES string of the molecule is COc1ccc(/C=C(/NC(=O)c2cccs2)c2nc3ccccc3[nH]2)cc1OC. The van der Waals surface area contributed by atoms with E-state index in [-0.39, 0.29) is 5.91 Å². The molecule has 0 aliphatic carbocycles. The molecule has 0 atom stereocenters. The van der Waals surface area contributed by atoms with Crippen molar-refractivity contribution in [2.24, 2.45) is 0 Å². The van der Waals surface area contributed by atoms with Gasteiger partial charge in [-0.2, -0.15) is 0 Å². The van der Waals surface area contributed by atoms with Gasteiger partial charge in [-0.05, 0) is 47.4 Å². The van der Waals surface area contributed by atoms with Crippen LogP contribution in [0.5, 0.6) is 11.5 Å². The van der Waals surface area contributed by atoms with Crippen molar-refractivity contribution in [2.45, 2.75) is 0 Å². The Labute approximate surface area is 171 Å². The number of para-hydroxylation sites is 2. The van der Waals surface area contributed by atoms with E-state index in [1.54, 1.807) is 20.3 Å². The molecule has 7 heteroatoms. The second-order valence-electron chi connectivity index (χ2n) is 6.21. The number of fused-ring (bicyclic) bond motifs is 1. The van der Waals surface area contributed by atoms with Crippen molar-refractivity contribution in [3.05, 3.63) is 76.2 Å². The van der Waals surface area contributed by atoms with Crippen molar-refractivity contribution in [1.82, 2.24) is 15.3 Å². The molecule has 2 aromatic carbocycles. The predicted octanol–water partition coefficient (Wildman–Crippen LogP) is 4.57. The van der Waals surface area contributed by atoms with Gasteiger partial charge < -0.3 is 19.8 Å². The maximum absolute atomic E-state index is 12.7. The molecule has 0 saturated heterocycles. The van der Waals surface area contributed by atoms with Crippen LogP contribution in [0, 0.1) is 0 Å². The van der Waals surface area contributed by atoms with Gasteiger partial charge in [-0.25, -0.2) is 4.98 Å². The van der Waals surface area contributed by atoms with E-state index in [4.69, 9.17) is 9.47 Å². The molecule has 146 valence electrons. The second kappa shape index (κ2) is 8.20. The Morgan fingerprint density at radius 1 is 1.07 bits per heavy atom. The smallest absolute Gasteiger partial charge is 0.265 e. The monoisotopic (exact) mass is 405 g/mol. The largest absolute Gasteiger partial charge is 0.493 e. The van der Waals surface area contributed by atoms with Gasteiger partial charge in [0.05, 0.1) is 35.8 Å². The van der Waals surface area contributed by atoms with E-state index in [0.717, 1.165) is 16.6 Å². The summed E-state index contributed by atoms with van der Waals surface area (Å²) in [5, 5.41) is 4.85. The Balaban J connectivity index is 1.77. The quantitative estimate of drug-likeness (QED) is 0.493. The predicted molar refractivity (Wildman–Crippen MR) is 115 cm³/mol. The summed E-state index contributed by atoms with van der Waals surface area (Å²) in [6, 6.07) is 16.9. The fourth-order valence-corrected chi connectivity index (χ4v) is 3.56. The van der Waals surface area contributed by atoms with Crippen LogP contribution in [0.1, 0.15) is 21.1 Å². The lowest BCUT2D eigenvalue weighted by Crippen LogP contribution is -2.21. The number of carbonyl (C=O) groups is 1. The number of thiophene rings is 1. The summed E-state index contributed by atoms with van der Waals surface area (Å²) < 4.78 is 10.7. The zero-order chi connectivity index (χ0) is 20.2. The maximum atomic E-state index is 12.7. The average Bonchev–Trinajstić information content (AvgIpc) is 3.43. The number of hydrogen-bond acceptors (Lipinski definition) is 5. The highest BCUT2D eigenvalue weighted by Gasteiger charge is 2.14. The van der Waals surface area contributed by atoms with E-state index >= 15 is 0 Å². The highest BCUT2D eigenvalue weighted by molar-refractivity contribution is 7.12. The number of nitrogens with zero attached hydrogens (tertiary/aromatic N) is 1. The molecular formula is C22H19N3O3S. The first-order chi connectivity index (χ1) is 14.2. The Morgan fingerprint density at radius 3 is 2.62 bits per heavy atom. The van der Waals surface area contributed by atoms with Gasteiger partial charge in [0.1, 0.15) is 0 Å². The molecule has 0 saturated carbocycles. The van der Waals surface area contributed by atoms with Crippen LogP contribution in [-0.4, -0.2) is 30.1 Å². The fourth-order valence-electron chi connectivity index (χ4n) is 2.94. The zero-order valence-corrected chi connectivity index (χ0v) is 16.7. The highest BCUT2D eigenvalue weighted by atomic mass is 32.1. The maximum Gasteiger partial charge on any atom is 0.265 e. The molecule has 2 aromatic heterocycles. The summed E-state index contributed by atoms with van der Waals surface area (Å²) in [7, 11) is 3.18. The third-order valence-corrected chi connectivity index (χ3v) is 5.22. The van der Waals surface area contributed by atoms with Gasteiger partial charge in [0.2, 0.25) is 0 Å². The van der Waals surface area contributed by atoms with E-state index in [0.29, 0.717) is 27.9 Å². The standard InChI is InChI=1S/C22H19N3O3S/c1-27-18-10-9-14(13-19(18)28-2)12-17(25-22(26)20-8-5-11-29-20)21-23-15-6-3-4-7-16(15)24-21/h3-13H,1-2H3,(H,23,24)(H,25,26)/b17-12+. The number of aromatic nitrogens is 2. The molecule has 0 bridgehead atoms. The molecule has 0 radical (unpaired) electrons. The van der Waals surface area contributed by atoms with Gasteiger partial charge in [0.15, 0.2) is 17.3 Å². The van der Waals surface area contributed by atoms with Gasteiger partial charge in [0.25, 0.3) is 5.91 Å². The second-order valence-corrected chi connectivity index (χ2v) is 7.15. The third-order valence-electron chi connectivity index (χ3n) is 4.36. The first-order valence-electron chi connectivity index (χ1n) is 8.91. The molecule has 4 aromatic rings. The number of nitrogens with one attached hydrogen (secondary N) is 2. The van der Waals surface area contributed by atoms with Crippen molar-refractivity contribution >= 4 is 40.1 Å². The number of carbonyl (C=O) groups excluding carboxylic acids is 1. The van der Waals surface area contributed by atoms with E-state index in [9.17, 15) is 4.79 Å². The summed E-state index contributed by atoms with van der Waals surface area (Å²) in [5.41, 5.74) is 3.12. The normalized spacial score (nSPS) is 11.4. The summed E-state index contributed by atoms with van der Waals surface area (Å²) in [6.07, 6.45) is 1.85. The first-order valence-corrected chi connectivity index (χ1v) is 9.79. The molecule has 1 amide bonds. The van der Waals surface area contributed by atoms with Crippen molar-refractivity contribution < 1.29 is 14.3 Å². The summed E-state index contributed by atoms with van der Waals surface area (Å²) >= 11 is 1.38. The van der Waals surface area contributed by atoms with E-state index in [1.807, 2.05) is 60.0 Å². The topological polar surface area (TPSA) is 76.2 Å². The Kier molecular flexibility index (Phi) is 5.31. The molecule has 0 spiro atoms. The number of aromatic amines is 1. The number of benzene rings is 2. The molecular weight excluding hydrogens is 386 g/mol. The molecule has 0 aliphatic rings. The number of imidazole rings is 1. The Bertz CT molecular complexity index is 1150. The molecule has 2 heterocycles.